The Morgan fingerprint density at radius 1 is 0.526 bits per heavy atom. The van der Waals surface area contributed by atoms with Crippen molar-refractivity contribution in [2.75, 3.05) is 41.0 Å². The van der Waals surface area contributed by atoms with E-state index < -0.39 is 18.1 Å². The highest BCUT2D eigenvalue weighted by molar-refractivity contribution is 5.70. The van der Waals surface area contributed by atoms with Gasteiger partial charge in [-0.3, -0.25) is 9.59 Å². The minimum atomic E-state index is -1.13. The second-order valence-electron chi connectivity index (χ2n) is 17.0. The van der Waals surface area contributed by atoms with Crippen LogP contribution in [-0.4, -0.2) is 75.5 Å². The molecule has 0 rings (SSSR count). The zero-order valence-electron chi connectivity index (χ0n) is 37.8. The summed E-state index contributed by atoms with van der Waals surface area (Å²) in [4.78, 5) is 36.9. The third-order valence-corrected chi connectivity index (χ3v) is 10.5. The Morgan fingerprint density at radius 2 is 0.930 bits per heavy atom. The van der Waals surface area contributed by atoms with E-state index in [0.717, 1.165) is 57.8 Å². The molecule has 0 heterocycles. The number of likely N-dealkylation sites (N-methyl/N-ethyl adjacent to an activating group) is 1. The van der Waals surface area contributed by atoms with Crippen LogP contribution in [0.15, 0.2) is 36.5 Å². The molecule has 0 aromatic rings. The maximum atomic E-state index is 12.7. The molecule has 2 unspecified atom stereocenters. The van der Waals surface area contributed by atoms with Crippen LogP contribution < -0.4 is 5.11 Å². The molecule has 0 N–H and O–H groups in total. The lowest BCUT2D eigenvalue weighted by Crippen LogP contribution is -2.55. The number of esters is 2. The molecule has 0 saturated heterocycles. The van der Waals surface area contributed by atoms with E-state index in [-0.39, 0.29) is 42.7 Å². The van der Waals surface area contributed by atoms with Crippen LogP contribution >= 0.6 is 0 Å². The van der Waals surface area contributed by atoms with Crippen LogP contribution in [0.2, 0.25) is 0 Å². The van der Waals surface area contributed by atoms with Crippen LogP contribution in [0.25, 0.3) is 0 Å². The maximum absolute atomic E-state index is 12.7. The van der Waals surface area contributed by atoms with E-state index in [0.29, 0.717) is 12.8 Å². The molecule has 0 spiro atoms. The Hall–Kier alpha value is -2.45. The minimum Gasteiger partial charge on any atom is -0.544 e. The fourth-order valence-electron chi connectivity index (χ4n) is 6.80. The number of ether oxygens (including phenoxy) is 3. The number of carboxylic acids is 1. The van der Waals surface area contributed by atoms with E-state index in [1.807, 2.05) is 0 Å². The molecule has 0 amide bonds. The van der Waals surface area contributed by atoms with Gasteiger partial charge in [-0.15, -0.1) is 0 Å². The zero-order valence-corrected chi connectivity index (χ0v) is 37.8. The Kier molecular flexibility index (Phi) is 38.6. The normalized spacial score (nSPS) is 13.2. The lowest BCUT2D eigenvalue weighted by atomic mass is 10.1. The molecular formula is C49H89NO7. The average Bonchev–Trinajstić information content (AvgIpc) is 3.17. The topological polar surface area (TPSA) is 102 Å². The monoisotopic (exact) mass is 804 g/mol. The summed E-state index contributed by atoms with van der Waals surface area (Å²) in [6.07, 6.45) is 45.9. The van der Waals surface area contributed by atoms with Gasteiger partial charge in [0.2, 0.25) is 0 Å². The van der Waals surface area contributed by atoms with Crippen molar-refractivity contribution in [3.63, 3.8) is 0 Å². The molecule has 0 aliphatic rings. The van der Waals surface area contributed by atoms with Gasteiger partial charge < -0.3 is 28.6 Å². The highest BCUT2D eigenvalue weighted by Crippen LogP contribution is 2.14. The number of allylic oxidation sites excluding steroid dienone is 6. The third kappa shape index (κ3) is 38.8. The summed E-state index contributed by atoms with van der Waals surface area (Å²) in [5, 5.41) is 11.6. The van der Waals surface area contributed by atoms with E-state index in [2.05, 4.69) is 50.3 Å². The largest absolute Gasteiger partial charge is 0.544 e. The molecule has 0 fully saturated rings. The third-order valence-electron chi connectivity index (χ3n) is 10.5. The van der Waals surface area contributed by atoms with Crippen molar-refractivity contribution >= 4 is 17.9 Å². The minimum absolute atomic E-state index is 0.0378. The van der Waals surface area contributed by atoms with Gasteiger partial charge >= 0.3 is 11.9 Å². The second kappa shape index (κ2) is 40.3. The van der Waals surface area contributed by atoms with Gasteiger partial charge in [-0.05, 0) is 70.6 Å². The molecule has 2 atom stereocenters. The molecule has 8 heteroatoms. The summed E-state index contributed by atoms with van der Waals surface area (Å²) in [5.41, 5.74) is 0. The van der Waals surface area contributed by atoms with Crippen LogP contribution in [0, 0.1) is 0 Å². The number of unbranched alkanes of at least 4 members (excludes halogenated alkanes) is 22. The van der Waals surface area contributed by atoms with Gasteiger partial charge in [0.05, 0.1) is 40.3 Å². The van der Waals surface area contributed by atoms with E-state index in [9.17, 15) is 19.5 Å². The highest BCUT2D eigenvalue weighted by Gasteiger charge is 2.25. The molecule has 0 aliphatic carbocycles. The number of rotatable bonds is 42. The molecule has 0 radical (unpaired) electrons. The SMILES string of the molecule is CCCCC/C=C\C/C=C\CCCCCCCCCCCC(=O)OC(COCCC(C(=O)[O-])[N+](C)(C)C)COC(=O)CCCCCCC/C=C\CCCCCCC. The summed E-state index contributed by atoms with van der Waals surface area (Å²) in [7, 11) is 5.41. The highest BCUT2D eigenvalue weighted by atomic mass is 16.6. The number of carboxylic acid groups (broad SMARTS) is 1. The van der Waals surface area contributed by atoms with Crippen LogP contribution in [0.4, 0.5) is 0 Å². The summed E-state index contributed by atoms with van der Waals surface area (Å²) >= 11 is 0. The standard InChI is InChI=1S/C49H89NO7/c1-6-8-10-12-14-16-18-20-22-23-24-25-26-28-30-32-34-36-38-40-48(52)57-45(43-55-42-41-46(49(53)54)50(3,4)5)44-56-47(51)39-37-35-33-31-29-27-21-19-17-15-13-11-9-7-2/h14,16,19-22,45-46H,6-13,15,17-18,23-44H2,1-5H3/b16-14-,21-19-,22-20-. The fourth-order valence-corrected chi connectivity index (χ4v) is 6.80. The molecule has 332 valence electrons. The fraction of sp³-hybridized carbons (Fsp3) is 0.816. The van der Waals surface area contributed by atoms with E-state index in [1.165, 1.54) is 116 Å². The number of quaternary nitrogens is 1. The predicted molar refractivity (Wildman–Crippen MR) is 236 cm³/mol. The number of carbonyl (C=O) groups excluding carboxylic acids is 3. The van der Waals surface area contributed by atoms with Crippen molar-refractivity contribution in [2.45, 2.75) is 219 Å². The number of aliphatic carboxylic acids is 1. The second-order valence-corrected chi connectivity index (χ2v) is 17.0. The van der Waals surface area contributed by atoms with Gasteiger partial charge in [0.25, 0.3) is 0 Å². The summed E-state index contributed by atoms with van der Waals surface area (Å²) < 4.78 is 17.2. The molecule has 0 aliphatic heterocycles. The number of hydrogen-bond donors (Lipinski definition) is 0. The number of carbonyl (C=O) groups is 3. The molecule has 57 heavy (non-hydrogen) atoms. The summed E-state index contributed by atoms with van der Waals surface area (Å²) in [5.74, 6) is -1.75. The van der Waals surface area contributed by atoms with Crippen molar-refractivity contribution in [1.29, 1.82) is 0 Å². The Labute approximate surface area is 351 Å². The van der Waals surface area contributed by atoms with Gasteiger partial charge in [-0.2, -0.15) is 0 Å². The maximum Gasteiger partial charge on any atom is 0.306 e. The van der Waals surface area contributed by atoms with Gasteiger partial charge in [0.1, 0.15) is 12.6 Å². The van der Waals surface area contributed by atoms with Crippen molar-refractivity contribution < 1.29 is 38.2 Å². The first kappa shape index (κ1) is 54.6. The van der Waals surface area contributed by atoms with Crippen molar-refractivity contribution in [3.8, 4) is 0 Å². The van der Waals surface area contributed by atoms with Gasteiger partial charge in [0, 0.05) is 19.3 Å². The Balaban J connectivity index is 4.31. The van der Waals surface area contributed by atoms with E-state index in [4.69, 9.17) is 14.2 Å². The first-order valence-corrected chi connectivity index (χ1v) is 23.5. The Morgan fingerprint density at radius 3 is 1.40 bits per heavy atom. The first-order chi connectivity index (χ1) is 27.6. The lowest BCUT2D eigenvalue weighted by molar-refractivity contribution is -0.889. The van der Waals surface area contributed by atoms with Crippen LogP contribution in [0.1, 0.15) is 206 Å². The van der Waals surface area contributed by atoms with Crippen LogP contribution in [0.5, 0.6) is 0 Å². The number of nitrogens with zero attached hydrogens (tertiary/aromatic N) is 1. The van der Waals surface area contributed by atoms with Crippen molar-refractivity contribution in [1.82, 2.24) is 0 Å². The lowest BCUT2D eigenvalue weighted by Gasteiger charge is -2.34. The molecular weight excluding hydrogens is 715 g/mol. The Bertz CT molecular complexity index is 1030. The van der Waals surface area contributed by atoms with E-state index >= 15 is 0 Å². The van der Waals surface area contributed by atoms with Crippen LogP contribution in [0.3, 0.4) is 0 Å². The summed E-state index contributed by atoms with van der Waals surface area (Å²) in [6, 6.07) is -0.727. The van der Waals surface area contributed by atoms with Gasteiger partial charge in [0.15, 0.2) is 6.10 Å². The van der Waals surface area contributed by atoms with E-state index in [1.54, 1.807) is 21.1 Å². The average molecular weight is 804 g/mol. The van der Waals surface area contributed by atoms with Gasteiger partial charge in [-0.25, -0.2) is 0 Å². The molecule has 0 saturated carbocycles. The number of hydrogen-bond acceptors (Lipinski definition) is 7. The molecule has 0 bridgehead atoms. The van der Waals surface area contributed by atoms with Gasteiger partial charge in [-0.1, -0.05) is 153 Å². The first-order valence-electron chi connectivity index (χ1n) is 23.5. The van der Waals surface area contributed by atoms with Crippen molar-refractivity contribution in [2.24, 2.45) is 0 Å². The predicted octanol–water partition coefficient (Wildman–Crippen LogP) is 11.7. The quantitative estimate of drug-likeness (QED) is 0.0262. The summed E-state index contributed by atoms with van der Waals surface area (Å²) in [6.45, 7) is 4.63. The smallest absolute Gasteiger partial charge is 0.306 e. The van der Waals surface area contributed by atoms with Crippen LogP contribution in [-0.2, 0) is 28.6 Å². The van der Waals surface area contributed by atoms with Crippen molar-refractivity contribution in [3.05, 3.63) is 36.5 Å². The molecule has 0 aromatic heterocycles. The molecule has 8 nitrogen and oxygen atoms in total. The zero-order chi connectivity index (χ0) is 42.1. The molecule has 0 aromatic carbocycles.